The molecule has 0 saturated carbocycles. The first kappa shape index (κ1) is 32.3. The summed E-state index contributed by atoms with van der Waals surface area (Å²) < 4.78 is 68.7. The van der Waals surface area contributed by atoms with E-state index in [0.717, 1.165) is 44.7 Å². The maximum absolute atomic E-state index is 10.6. The second kappa shape index (κ2) is 15.5. The Labute approximate surface area is 209 Å². The lowest BCUT2D eigenvalue weighted by Crippen LogP contribution is -2.35. The van der Waals surface area contributed by atoms with E-state index in [9.17, 15) is 26.3 Å². The molecule has 0 radical (unpaired) electrons. The average molecular weight is 547 g/mol. The Morgan fingerprint density at radius 1 is 0.946 bits per heavy atom. The molecule has 2 saturated heterocycles. The van der Waals surface area contributed by atoms with Crippen molar-refractivity contribution in [3.8, 4) is 0 Å². The lowest BCUT2D eigenvalue weighted by atomic mass is 10.1. The number of carboxylic acids is 2. The number of ether oxygens (including phenoxy) is 1. The maximum atomic E-state index is 10.6. The largest absolute Gasteiger partial charge is 0.490 e. The third kappa shape index (κ3) is 13.4. The van der Waals surface area contributed by atoms with Crippen molar-refractivity contribution < 1.29 is 50.9 Å². The minimum Gasteiger partial charge on any atom is -0.475 e. The second-order valence-electron chi connectivity index (χ2n) is 8.24. The van der Waals surface area contributed by atoms with Crippen LogP contribution >= 0.6 is 0 Å². The van der Waals surface area contributed by atoms with Gasteiger partial charge in [-0.25, -0.2) is 19.6 Å². The van der Waals surface area contributed by atoms with Crippen LogP contribution in [0.4, 0.5) is 32.3 Å². The lowest BCUT2D eigenvalue weighted by Gasteiger charge is -2.24. The molecule has 2 aliphatic rings. The molecule has 2 fully saturated rings. The highest BCUT2D eigenvalue weighted by atomic mass is 19.4. The maximum Gasteiger partial charge on any atom is 0.490 e. The van der Waals surface area contributed by atoms with Crippen LogP contribution in [0, 0.1) is 5.92 Å². The molecule has 1 unspecified atom stereocenters. The number of aromatic nitrogens is 2. The smallest absolute Gasteiger partial charge is 0.475 e. The van der Waals surface area contributed by atoms with Gasteiger partial charge in [-0.2, -0.15) is 26.3 Å². The molecule has 37 heavy (non-hydrogen) atoms. The number of aliphatic carboxylic acids is 2. The number of alkyl halides is 6. The van der Waals surface area contributed by atoms with Crippen LogP contribution in [0.2, 0.25) is 0 Å². The Bertz CT molecular complexity index is 791. The number of likely N-dealkylation sites (tertiary alicyclic amines) is 1. The van der Waals surface area contributed by atoms with Crippen LogP contribution in [0.25, 0.3) is 0 Å². The normalized spacial score (nSPS) is 19.2. The summed E-state index contributed by atoms with van der Waals surface area (Å²) in [5.41, 5.74) is 0. The lowest BCUT2D eigenvalue weighted by molar-refractivity contribution is -0.193. The fraction of sp³-hybridized carbons (Fsp3) is 0.714. The molecular formula is C21H31F6N5O5. The fourth-order valence-corrected chi connectivity index (χ4v) is 3.66. The van der Waals surface area contributed by atoms with E-state index in [0.29, 0.717) is 0 Å². The third-order valence-electron chi connectivity index (χ3n) is 5.41. The van der Waals surface area contributed by atoms with Crippen LogP contribution in [0.15, 0.2) is 18.5 Å². The van der Waals surface area contributed by atoms with Crippen LogP contribution in [0.5, 0.6) is 0 Å². The third-order valence-corrected chi connectivity index (χ3v) is 5.41. The van der Waals surface area contributed by atoms with Crippen molar-refractivity contribution in [2.45, 2.75) is 25.2 Å². The molecule has 0 aromatic carbocycles. The standard InChI is InChI=1S/C17H29N5O.2C2HF3O2/c1-23-13-12-21-9-4-16(15-21)14-20-7-3-8-22(11-10-20)17-18-5-2-6-19-17;2*3-2(4,5)1(6)7/h2,5-6,16H,3-4,7-15H2,1H3;2*(H,6,7). The van der Waals surface area contributed by atoms with Gasteiger partial charge in [-0.15, -0.1) is 0 Å². The molecule has 1 atom stereocenters. The zero-order valence-corrected chi connectivity index (χ0v) is 20.2. The molecule has 0 aliphatic carbocycles. The predicted molar refractivity (Wildman–Crippen MR) is 119 cm³/mol. The molecule has 10 nitrogen and oxygen atoms in total. The Morgan fingerprint density at radius 3 is 2.03 bits per heavy atom. The van der Waals surface area contributed by atoms with Gasteiger partial charge in [0, 0.05) is 58.8 Å². The quantitative estimate of drug-likeness (QED) is 0.513. The van der Waals surface area contributed by atoms with Crippen LogP contribution in [0.3, 0.4) is 0 Å². The summed E-state index contributed by atoms with van der Waals surface area (Å²) in [6.07, 6.45) is -3.99. The summed E-state index contributed by atoms with van der Waals surface area (Å²) in [6.45, 7) is 10.0. The summed E-state index contributed by atoms with van der Waals surface area (Å²) in [4.78, 5) is 34.1. The van der Waals surface area contributed by atoms with Gasteiger partial charge < -0.3 is 29.6 Å². The van der Waals surface area contributed by atoms with E-state index < -0.39 is 24.3 Å². The summed E-state index contributed by atoms with van der Waals surface area (Å²) in [7, 11) is 1.78. The van der Waals surface area contributed by atoms with Gasteiger partial charge in [0.1, 0.15) is 0 Å². The second-order valence-corrected chi connectivity index (χ2v) is 8.24. The monoisotopic (exact) mass is 547 g/mol. The number of hydrogen-bond acceptors (Lipinski definition) is 8. The van der Waals surface area contributed by atoms with Gasteiger partial charge in [-0.05, 0) is 37.9 Å². The highest BCUT2D eigenvalue weighted by Crippen LogP contribution is 2.19. The minimum atomic E-state index is -5.08. The minimum absolute atomic E-state index is 0.811. The molecule has 0 spiro atoms. The topological polar surface area (TPSA) is 119 Å². The SMILES string of the molecule is COCCN1CCC(CN2CCCN(c3ncccn3)CC2)C1.O=C(O)C(F)(F)F.O=C(O)C(F)(F)F. The van der Waals surface area contributed by atoms with E-state index in [4.69, 9.17) is 24.5 Å². The number of rotatable bonds is 6. The number of methoxy groups -OCH3 is 1. The van der Waals surface area contributed by atoms with E-state index in [2.05, 4.69) is 24.7 Å². The zero-order valence-electron chi connectivity index (χ0n) is 20.2. The molecule has 0 amide bonds. The zero-order chi connectivity index (χ0) is 28.1. The Balaban J connectivity index is 0.000000404. The van der Waals surface area contributed by atoms with Gasteiger partial charge in [0.15, 0.2) is 0 Å². The molecule has 3 rings (SSSR count). The highest BCUT2D eigenvalue weighted by molar-refractivity contribution is 5.73. The molecular weight excluding hydrogens is 516 g/mol. The molecule has 2 N–H and O–H groups in total. The van der Waals surface area contributed by atoms with Gasteiger partial charge >= 0.3 is 24.3 Å². The van der Waals surface area contributed by atoms with Gasteiger partial charge in [-0.3, -0.25) is 0 Å². The summed E-state index contributed by atoms with van der Waals surface area (Å²) in [6, 6.07) is 1.88. The number of halogens is 6. The first-order valence-corrected chi connectivity index (χ1v) is 11.3. The van der Waals surface area contributed by atoms with Crippen molar-refractivity contribution >= 4 is 17.9 Å². The molecule has 3 heterocycles. The molecule has 1 aromatic rings. The Morgan fingerprint density at radius 2 is 1.51 bits per heavy atom. The number of carboxylic acid groups (broad SMARTS) is 2. The van der Waals surface area contributed by atoms with Gasteiger partial charge in [0.2, 0.25) is 5.95 Å². The molecule has 16 heteroatoms. The van der Waals surface area contributed by atoms with Crippen molar-refractivity contribution in [2.24, 2.45) is 5.92 Å². The van der Waals surface area contributed by atoms with Gasteiger partial charge in [0.05, 0.1) is 6.61 Å². The van der Waals surface area contributed by atoms with Crippen LogP contribution in [0.1, 0.15) is 12.8 Å². The van der Waals surface area contributed by atoms with Crippen molar-refractivity contribution in [3.63, 3.8) is 0 Å². The van der Waals surface area contributed by atoms with Crippen molar-refractivity contribution in [1.82, 2.24) is 19.8 Å². The predicted octanol–water partition coefficient (Wildman–Crippen LogP) is 2.22. The first-order chi connectivity index (χ1) is 17.2. The van der Waals surface area contributed by atoms with E-state index in [1.807, 2.05) is 18.5 Å². The molecule has 212 valence electrons. The van der Waals surface area contributed by atoms with Crippen LogP contribution in [-0.2, 0) is 14.3 Å². The van der Waals surface area contributed by atoms with Crippen LogP contribution < -0.4 is 4.90 Å². The molecule has 0 bridgehead atoms. The highest BCUT2D eigenvalue weighted by Gasteiger charge is 2.38. The number of hydrogen-bond donors (Lipinski definition) is 2. The number of anilines is 1. The van der Waals surface area contributed by atoms with E-state index in [1.165, 1.54) is 39.0 Å². The molecule has 1 aromatic heterocycles. The van der Waals surface area contributed by atoms with Gasteiger partial charge in [0.25, 0.3) is 0 Å². The fourth-order valence-electron chi connectivity index (χ4n) is 3.66. The van der Waals surface area contributed by atoms with Crippen molar-refractivity contribution in [1.29, 1.82) is 0 Å². The van der Waals surface area contributed by atoms with E-state index >= 15 is 0 Å². The summed E-state index contributed by atoms with van der Waals surface area (Å²) >= 11 is 0. The van der Waals surface area contributed by atoms with E-state index in [1.54, 1.807) is 7.11 Å². The Kier molecular flexibility index (Phi) is 13.5. The first-order valence-electron chi connectivity index (χ1n) is 11.3. The summed E-state index contributed by atoms with van der Waals surface area (Å²) in [5, 5.41) is 14.2. The van der Waals surface area contributed by atoms with Crippen LogP contribution in [-0.4, -0.2) is 120 Å². The summed E-state index contributed by atoms with van der Waals surface area (Å²) in [5.74, 6) is -3.83. The van der Waals surface area contributed by atoms with Crippen molar-refractivity contribution in [2.75, 3.05) is 71.0 Å². The van der Waals surface area contributed by atoms with E-state index in [-0.39, 0.29) is 0 Å². The number of nitrogens with zero attached hydrogens (tertiary/aromatic N) is 5. The van der Waals surface area contributed by atoms with Crippen molar-refractivity contribution in [3.05, 3.63) is 18.5 Å². The van der Waals surface area contributed by atoms with Gasteiger partial charge in [-0.1, -0.05) is 0 Å². The number of carbonyl (C=O) groups is 2. The Hall–Kier alpha value is -2.72. The average Bonchev–Trinajstić information content (AvgIpc) is 3.13. The molecule has 2 aliphatic heterocycles.